The van der Waals surface area contributed by atoms with Crippen LogP contribution in [0.5, 0.6) is 0 Å². The molecule has 0 heterocycles. The maximum Gasteiger partial charge on any atom is 0.0223 e. The number of rotatable bonds is 10. The molecule has 84 valence electrons. The van der Waals surface area contributed by atoms with Crippen LogP contribution in [-0.4, -0.2) is 5.88 Å². The molecule has 0 aromatic carbocycles. The van der Waals surface area contributed by atoms with Crippen LogP contribution in [0.3, 0.4) is 0 Å². The standard InChI is InChI=1S/C13H25Cl/c1-2-3-4-5-6-7-8-9-10-11-12-13-14/h5-6H,2-4,7-13H2,1H3/b6-5+. The van der Waals surface area contributed by atoms with E-state index in [0.717, 1.165) is 5.88 Å². The summed E-state index contributed by atoms with van der Waals surface area (Å²) in [5, 5.41) is 0. The Morgan fingerprint density at radius 1 is 0.786 bits per heavy atom. The van der Waals surface area contributed by atoms with E-state index in [1.807, 2.05) is 0 Å². The lowest BCUT2D eigenvalue weighted by molar-refractivity contribution is 0.638. The number of halogens is 1. The highest BCUT2D eigenvalue weighted by Crippen LogP contribution is 2.07. The van der Waals surface area contributed by atoms with Gasteiger partial charge in [0.1, 0.15) is 0 Å². The van der Waals surface area contributed by atoms with Gasteiger partial charge in [0.2, 0.25) is 0 Å². The van der Waals surface area contributed by atoms with E-state index in [1.54, 1.807) is 0 Å². The fourth-order valence-electron chi connectivity index (χ4n) is 1.44. The van der Waals surface area contributed by atoms with E-state index >= 15 is 0 Å². The summed E-state index contributed by atoms with van der Waals surface area (Å²) in [6, 6.07) is 0. The highest BCUT2D eigenvalue weighted by molar-refractivity contribution is 6.17. The Kier molecular flexibility index (Phi) is 13.1. The number of allylic oxidation sites excluding steroid dienone is 2. The molecule has 0 saturated carbocycles. The van der Waals surface area contributed by atoms with Crippen molar-refractivity contribution in [1.29, 1.82) is 0 Å². The first kappa shape index (κ1) is 14.0. The Labute approximate surface area is 94.7 Å². The molecule has 0 saturated heterocycles. The minimum absolute atomic E-state index is 0.830. The third-order valence-electron chi connectivity index (χ3n) is 2.40. The van der Waals surface area contributed by atoms with Crippen molar-refractivity contribution in [3.05, 3.63) is 12.2 Å². The molecule has 0 rings (SSSR count). The van der Waals surface area contributed by atoms with Crippen LogP contribution < -0.4 is 0 Å². The summed E-state index contributed by atoms with van der Waals surface area (Å²) in [4.78, 5) is 0. The van der Waals surface area contributed by atoms with Gasteiger partial charge in [-0.2, -0.15) is 0 Å². The number of unbranched alkanes of at least 4 members (excludes halogenated alkanes) is 7. The van der Waals surface area contributed by atoms with E-state index < -0.39 is 0 Å². The predicted octanol–water partition coefficient (Wildman–Crippen LogP) is 5.31. The minimum atomic E-state index is 0.830. The monoisotopic (exact) mass is 216 g/mol. The highest BCUT2D eigenvalue weighted by Gasteiger charge is 1.88. The van der Waals surface area contributed by atoms with Gasteiger partial charge in [0.15, 0.2) is 0 Å². The molecule has 14 heavy (non-hydrogen) atoms. The fourth-order valence-corrected chi connectivity index (χ4v) is 1.63. The van der Waals surface area contributed by atoms with E-state index in [-0.39, 0.29) is 0 Å². The van der Waals surface area contributed by atoms with E-state index in [0.29, 0.717) is 0 Å². The van der Waals surface area contributed by atoms with Crippen LogP contribution in [0.2, 0.25) is 0 Å². The summed E-state index contributed by atoms with van der Waals surface area (Å²) in [6.45, 7) is 2.24. The summed E-state index contributed by atoms with van der Waals surface area (Å²) in [5.41, 5.74) is 0. The molecule has 1 heteroatoms. The molecule has 0 N–H and O–H groups in total. The van der Waals surface area contributed by atoms with Crippen molar-refractivity contribution in [2.75, 3.05) is 5.88 Å². The van der Waals surface area contributed by atoms with Crippen LogP contribution in [0, 0.1) is 0 Å². The Morgan fingerprint density at radius 3 is 2.00 bits per heavy atom. The Balaban J connectivity index is 2.94. The molecule has 0 atom stereocenters. The summed E-state index contributed by atoms with van der Waals surface area (Å²) in [7, 11) is 0. The first-order valence-electron chi connectivity index (χ1n) is 6.12. The van der Waals surface area contributed by atoms with E-state index in [4.69, 9.17) is 11.6 Å². The molecule has 0 aliphatic heterocycles. The molecule has 0 aliphatic carbocycles. The number of hydrogen-bond acceptors (Lipinski definition) is 0. The van der Waals surface area contributed by atoms with Gasteiger partial charge in [-0.05, 0) is 25.7 Å². The third-order valence-corrected chi connectivity index (χ3v) is 2.66. The largest absolute Gasteiger partial charge is 0.127 e. The zero-order valence-electron chi connectivity index (χ0n) is 9.60. The fraction of sp³-hybridized carbons (Fsp3) is 0.846. The van der Waals surface area contributed by atoms with Crippen LogP contribution in [0.1, 0.15) is 64.7 Å². The molecule has 0 fully saturated rings. The lowest BCUT2D eigenvalue weighted by Crippen LogP contribution is -1.79. The second kappa shape index (κ2) is 13.0. The second-order valence-corrected chi connectivity index (χ2v) is 4.24. The zero-order valence-corrected chi connectivity index (χ0v) is 10.4. The first-order chi connectivity index (χ1) is 6.91. The van der Waals surface area contributed by atoms with Gasteiger partial charge >= 0.3 is 0 Å². The molecular formula is C13H25Cl. The first-order valence-corrected chi connectivity index (χ1v) is 6.66. The van der Waals surface area contributed by atoms with Gasteiger partial charge in [0.25, 0.3) is 0 Å². The normalized spacial score (nSPS) is 11.3. The van der Waals surface area contributed by atoms with Crippen LogP contribution >= 0.6 is 11.6 Å². The number of hydrogen-bond donors (Lipinski definition) is 0. The molecule has 0 amide bonds. The van der Waals surface area contributed by atoms with Gasteiger partial charge in [-0.25, -0.2) is 0 Å². The molecule has 0 bridgehead atoms. The summed E-state index contributed by atoms with van der Waals surface area (Å²) >= 11 is 5.60. The van der Waals surface area contributed by atoms with Crippen molar-refractivity contribution >= 4 is 11.6 Å². The van der Waals surface area contributed by atoms with Crippen molar-refractivity contribution in [3.63, 3.8) is 0 Å². The van der Waals surface area contributed by atoms with Gasteiger partial charge in [0, 0.05) is 5.88 Å². The quantitative estimate of drug-likeness (QED) is 0.264. The number of alkyl halides is 1. The molecule has 0 aromatic heterocycles. The van der Waals surface area contributed by atoms with Gasteiger partial charge < -0.3 is 0 Å². The van der Waals surface area contributed by atoms with E-state index in [1.165, 1.54) is 57.8 Å². The summed E-state index contributed by atoms with van der Waals surface area (Å²) in [6.07, 6.45) is 16.4. The Hall–Kier alpha value is 0.0300. The Morgan fingerprint density at radius 2 is 1.36 bits per heavy atom. The highest BCUT2D eigenvalue weighted by atomic mass is 35.5. The predicted molar refractivity (Wildman–Crippen MR) is 67.1 cm³/mol. The lowest BCUT2D eigenvalue weighted by atomic mass is 10.1. The molecule has 0 nitrogen and oxygen atoms in total. The van der Waals surface area contributed by atoms with Crippen LogP contribution in [0.4, 0.5) is 0 Å². The van der Waals surface area contributed by atoms with Crippen LogP contribution in [0.15, 0.2) is 12.2 Å². The summed E-state index contributed by atoms with van der Waals surface area (Å²) in [5.74, 6) is 0.830. The van der Waals surface area contributed by atoms with Crippen molar-refractivity contribution in [1.82, 2.24) is 0 Å². The van der Waals surface area contributed by atoms with Gasteiger partial charge in [-0.15, -0.1) is 11.6 Å². The van der Waals surface area contributed by atoms with E-state index in [2.05, 4.69) is 19.1 Å². The third kappa shape index (κ3) is 12.0. The molecule has 0 aromatic rings. The Bertz CT molecular complexity index is 118. The average molecular weight is 217 g/mol. The van der Waals surface area contributed by atoms with Crippen LogP contribution in [-0.2, 0) is 0 Å². The maximum absolute atomic E-state index is 5.60. The average Bonchev–Trinajstić information content (AvgIpc) is 2.21. The van der Waals surface area contributed by atoms with Crippen molar-refractivity contribution in [3.8, 4) is 0 Å². The van der Waals surface area contributed by atoms with Crippen molar-refractivity contribution < 1.29 is 0 Å². The lowest BCUT2D eigenvalue weighted by Gasteiger charge is -1.97. The molecule has 0 unspecified atom stereocenters. The SMILES string of the molecule is CCCC/C=C/CCCCCCCCl. The van der Waals surface area contributed by atoms with Gasteiger partial charge in [-0.1, -0.05) is 51.2 Å². The second-order valence-electron chi connectivity index (χ2n) is 3.86. The minimum Gasteiger partial charge on any atom is -0.127 e. The van der Waals surface area contributed by atoms with Crippen molar-refractivity contribution in [2.45, 2.75) is 64.7 Å². The molecule has 0 radical (unpaired) electrons. The van der Waals surface area contributed by atoms with E-state index in [9.17, 15) is 0 Å². The van der Waals surface area contributed by atoms with Crippen molar-refractivity contribution in [2.24, 2.45) is 0 Å². The maximum atomic E-state index is 5.60. The van der Waals surface area contributed by atoms with Gasteiger partial charge in [-0.3, -0.25) is 0 Å². The molecule has 0 aliphatic rings. The topological polar surface area (TPSA) is 0 Å². The van der Waals surface area contributed by atoms with Gasteiger partial charge in [0.05, 0.1) is 0 Å². The zero-order chi connectivity index (χ0) is 10.5. The summed E-state index contributed by atoms with van der Waals surface area (Å²) < 4.78 is 0. The van der Waals surface area contributed by atoms with Crippen LogP contribution in [0.25, 0.3) is 0 Å². The molecular weight excluding hydrogens is 192 g/mol. The molecule has 0 spiro atoms. The smallest absolute Gasteiger partial charge is 0.0223 e.